The molecule has 2 aromatic carbocycles. The molecule has 1 aliphatic heterocycles. The van der Waals surface area contributed by atoms with Crippen LogP contribution in [-0.2, 0) is 9.59 Å². The van der Waals surface area contributed by atoms with Gasteiger partial charge in [0.05, 0.1) is 13.3 Å². The molecule has 2 N–H and O–H groups in total. The molecule has 0 radical (unpaired) electrons. The molecule has 1 saturated heterocycles. The summed E-state index contributed by atoms with van der Waals surface area (Å²) < 4.78 is 5.25. The minimum Gasteiger partial charge on any atom is -0.496 e. The smallest absolute Gasteiger partial charge is 0.240 e. The van der Waals surface area contributed by atoms with E-state index in [0.717, 1.165) is 22.4 Å². The molecular weight excluding hydrogens is 388 g/mol. The Kier molecular flexibility index (Phi) is 6.66. The molecule has 1 atom stereocenters. The van der Waals surface area contributed by atoms with Gasteiger partial charge in [-0.3, -0.25) is 9.59 Å². The lowest BCUT2D eigenvalue weighted by Gasteiger charge is -2.11. The average molecular weight is 410 g/mol. The van der Waals surface area contributed by atoms with E-state index in [0.29, 0.717) is 10.9 Å². The molecule has 1 aliphatic rings. The number of benzene rings is 2. The first-order valence-corrected chi connectivity index (χ1v) is 9.93. The standard InChI is InChI=1S/C21H22N4O3S/c1-13-7-6-9-16(14(13)2)23-19(26)11-18-20(27)24-21(29-18)25-22-12-15-8-4-5-10-17(15)28-3/h4-10,12,18H,11H2,1-3H3,(H,23,26)(H,24,25,27)/b22-12-. The first-order chi connectivity index (χ1) is 14.0. The summed E-state index contributed by atoms with van der Waals surface area (Å²) in [7, 11) is 1.58. The van der Waals surface area contributed by atoms with Crippen LogP contribution in [0.15, 0.2) is 52.7 Å². The number of carbonyl (C=O) groups is 2. The van der Waals surface area contributed by atoms with Crippen molar-refractivity contribution in [2.24, 2.45) is 10.2 Å². The first-order valence-electron chi connectivity index (χ1n) is 9.05. The molecule has 0 aromatic heterocycles. The molecule has 2 amide bonds. The number of hydrogen-bond donors (Lipinski definition) is 2. The van der Waals surface area contributed by atoms with Gasteiger partial charge >= 0.3 is 0 Å². The van der Waals surface area contributed by atoms with Crippen LogP contribution < -0.4 is 15.4 Å². The molecular formula is C21H22N4O3S. The maximum absolute atomic E-state index is 12.4. The quantitative estimate of drug-likeness (QED) is 0.565. The summed E-state index contributed by atoms with van der Waals surface area (Å²) in [5.41, 5.74) is 3.64. The van der Waals surface area contributed by atoms with Gasteiger partial charge in [-0.1, -0.05) is 36.0 Å². The van der Waals surface area contributed by atoms with Gasteiger partial charge in [-0.2, -0.15) is 5.10 Å². The highest BCUT2D eigenvalue weighted by Crippen LogP contribution is 2.24. The summed E-state index contributed by atoms with van der Waals surface area (Å²) in [5.74, 6) is 0.211. The van der Waals surface area contributed by atoms with Crippen molar-refractivity contribution in [1.29, 1.82) is 0 Å². The van der Waals surface area contributed by atoms with Crippen molar-refractivity contribution in [3.8, 4) is 5.75 Å². The third-order valence-electron chi connectivity index (χ3n) is 4.51. The number of aryl methyl sites for hydroxylation is 1. The van der Waals surface area contributed by atoms with Crippen molar-refractivity contribution in [3.05, 3.63) is 59.2 Å². The fourth-order valence-corrected chi connectivity index (χ4v) is 3.68. The Morgan fingerprint density at radius 2 is 2.03 bits per heavy atom. The predicted octanol–water partition coefficient (Wildman–Crippen LogP) is 3.26. The molecule has 1 fully saturated rings. The number of para-hydroxylation sites is 1. The maximum atomic E-state index is 12.4. The number of amides is 2. The summed E-state index contributed by atoms with van der Waals surface area (Å²) in [6, 6.07) is 13.1. The Morgan fingerprint density at radius 3 is 2.83 bits per heavy atom. The second kappa shape index (κ2) is 9.38. The highest BCUT2D eigenvalue weighted by molar-refractivity contribution is 8.15. The molecule has 0 saturated carbocycles. The van der Waals surface area contributed by atoms with Crippen LogP contribution in [0.2, 0.25) is 0 Å². The Hall–Kier alpha value is -3.13. The van der Waals surface area contributed by atoms with Crippen molar-refractivity contribution in [2.45, 2.75) is 25.5 Å². The average Bonchev–Trinajstić information content (AvgIpc) is 3.05. The van der Waals surface area contributed by atoms with Gasteiger partial charge in [-0.25, -0.2) is 0 Å². The molecule has 29 heavy (non-hydrogen) atoms. The van der Waals surface area contributed by atoms with Crippen LogP contribution in [0.25, 0.3) is 0 Å². The predicted molar refractivity (Wildman–Crippen MR) is 117 cm³/mol. The number of carbonyl (C=O) groups excluding carboxylic acids is 2. The number of anilines is 1. The molecule has 2 aromatic rings. The Morgan fingerprint density at radius 1 is 1.24 bits per heavy atom. The van der Waals surface area contributed by atoms with Crippen LogP contribution in [0.3, 0.4) is 0 Å². The highest BCUT2D eigenvalue weighted by atomic mass is 32.2. The van der Waals surface area contributed by atoms with Crippen LogP contribution in [0, 0.1) is 13.8 Å². The molecule has 0 spiro atoms. The van der Waals surface area contributed by atoms with E-state index in [9.17, 15) is 9.59 Å². The van der Waals surface area contributed by atoms with Gasteiger partial charge in [0.15, 0.2) is 5.17 Å². The van der Waals surface area contributed by atoms with Gasteiger partial charge in [-0.15, -0.1) is 5.10 Å². The zero-order chi connectivity index (χ0) is 20.8. The number of rotatable bonds is 6. The molecule has 150 valence electrons. The van der Waals surface area contributed by atoms with Gasteiger partial charge < -0.3 is 15.4 Å². The summed E-state index contributed by atoms with van der Waals surface area (Å²) in [6.07, 6.45) is 1.61. The minimum atomic E-state index is -0.541. The molecule has 3 rings (SSSR count). The number of hydrogen-bond acceptors (Lipinski definition) is 6. The summed E-state index contributed by atoms with van der Waals surface area (Å²) in [4.78, 5) is 24.5. The van der Waals surface area contributed by atoms with E-state index >= 15 is 0 Å². The number of methoxy groups -OCH3 is 1. The molecule has 1 unspecified atom stereocenters. The molecule has 8 heteroatoms. The van der Waals surface area contributed by atoms with E-state index in [4.69, 9.17) is 4.74 Å². The van der Waals surface area contributed by atoms with Crippen LogP contribution in [0.5, 0.6) is 5.75 Å². The third-order valence-corrected chi connectivity index (χ3v) is 5.58. The number of amidine groups is 1. The summed E-state index contributed by atoms with van der Waals surface area (Å²) in [5, 5.41) is 13.4. The lowest BCUT2D eigenvalue weighted by molar-refractivity contribution is -0.122. The van der Waals surface area contributed by atoms with Gasteiger partial charge in [0.25, 0.3) is 0 Å². The van der Waals surface area contributed by atoms with Gasteiger partial charge in [0.2, 0.25) is 11.8 Å². The largest absolute Gasteiger partial charge is 0.496 e. The molecule has 0 aliphatic carbocycles. The van der Waals surface area contributed by atoms with E-state index < -0.39 is 5.25 Å². The number of ether oxygens (including phenoxy) is 1. The fraction of sp³-hybridized carbons (Fsp3) is 0.238. The van der Waals surface area contributed by atoms with E-state index in [1.165, 1.54) is 11.8 Å². The van der Waals surface area contributed by atoms with Crippen molar-refractivity contribution < 1.29 is 14.3 Å². The SMILES string of the molecule is COc1ccccc1/C=N\N=C1/NC(=O)C(CC(=O)Nc2cccc(C)c2C)S1. The van der Waals surface area contributed by atoms with Crippen LogP contribution in [-0.4, -0.2) is 35.6 Å². The van der Waals surface area contributed by atoms with Crippen LogP contribution in [0.4, 0.5) is 5.69 Å². The van der Waals surface area contributed by atoms with E-state index in [-0.39, 0.29) is 18.2 Å². The van der Waals surface area contributed by atoms with Crippen LogP contribution in [0.1, 0.15) is 23.1 Å². The Balaban J connectivity index is 1.59. The van der Waals surface area contributed by atoms with E-state index in [2.05, 4.69) is 20.8 Å². The first kappa shape index (κ1) is 20.6. The summed E-state index contributed by atoms with van der Waals surface area (Å²) in [6.45, 7) is 3.94. The number of nitrogens with zero attached hydrogens (tertiary/aromatic N) is 2. The number of thioether (sulfide) groups is 1. The second-order valence-electron chi connectivity index (χ2n) is 6.49. The van der Waals surface area contributed by atoms with Crippen molar-refractivity contribution in [2.75, 3.05) is 12.4 Å². The lowest BCUT2D eigenvalue weighted by atomic mass is 10.1. The number of nitrogens with one attached hydrogen (secondary N) is 2. The third kappa shape index (κ3) is 5.23. The fourth-order valence-electron chi connectivity index (χ4n) is 2.76. The molecule has 1 heterocycles. The van der Waals surface area contributed by atoms with Crippen molar-refractivity contribution in [1.82, 2.24) is 5.32 Å². The van der Waals surface area contributed by atoms with E-state index in [1.807, 2.05) is 56.3 Å². The zero-order valence-corrected chi connectivity index (χ0v) is 17.2. The van der Waals surface area contributed by atoms with Crippen LogP contribution >= 0.6 is 11.8 Å². The molecule has 7 nitrogen and oxygen atoms in total. The second-order valence-corrected chi connectivity index (χ2v) is 7.68. The normalized spacial score (nSPS) is 17.6. The van der Waals surface area contributed by atoms with Gasteiger partial charge in [0.1, 0.15) is 11.0 Å². The van der Waals surface area contributed by atoms with Gasteiger partial charge in [-0.05, 0) is 43.2 Å². The van der Waals surface area contributed by atoms with Crippen molar-refractivity contribution >= 4 is 40.6 Å². The Labute approximate surface area is 173 Å². The zero-order valence-electron chi connectivity index (χ0n) is 16.4. The Bertz CT molecular complexity index is 988. The summed E-state index contributed by atoms with van der Waals surface area (Å²) >= 11 is 1.19. The molecule has 0 bridgehead atoms. The van der Waals surface area contributed by atoms with E-state index in [1.54, 1.807) is 13.3 Å². The minimum absolute atomic E-state index is 0.0547. The van der Waals surface area contributed by atoms with Gasteiger partial charge in [0, 0.05) is 17.7 Å². The highest BCUT2D eigenvalue weighted by Gasteiger charge is 2.32. The maximum Gasteiger partial charge on any atom is 0.240 e. The lowest BCUT2D eigenvalue weighted by Crippen LogP contribution is -2.28. The topological polar surface area (TPSA) is 92.2 Å². The monoisotopic (exact) mass is 410 g/mol. The van der Waals surface area contributed by atoms with Crippen molar-refractivity contribution in [3.63, 3.8) is 0 Å².